The van der Waals surface area contributed by atoms with E-state index in [1.807, 2.05) is 0 Å². The number of carbonyl (C=O) groups is 4. The van der Waals surface area contributed by atoms with Gasteiger partial charge in [-0.1, -0.05) is 0 Å². The third-order valence-corrected chi connectivity index (χ3v) is 12.6. The number of nitrogens with zero attached hydrogens (tertiary/aromatic N) is 4. The fourth-order valence-electron chi connectivity index (χ4n) is 9.41. The predicted molar refractivity (Wildman–Crippen MR) is 170 cm³/mol. The average Bonchev–Trinajstić information content (AvgIpc) is 3.64. The van der Waals surface area contributed by atoms with E-state index < -0.39 is 35.3 Å². The Kier molecular flexibility index (Phi) is 10.2. The minimum absolute atomic E-state index is 0.00759. The van der Waals surface area contributed by atoms with E-state index in [9.17, 15) is 38.5 Å². The summed E-state index contributed by atoms with van der Waals surface area (Å²) in [5.74, 6) is -0.907. The van der Waals surface area contributed by atoms with E-state index in [0.29, 0.717) is 83.5 Å². The molecule has 12 nitrogen and oxygen atoms in total. The number of alkyl halides is 2. The van der Waals surface area contributed by atoms with Crippen LogP contribution >= 0.6 is 0 Å². The molecule has 4 atom stereocenters. The number of rotatable bonds is 12. The molecule has 0 spiro atoms. The molecule has 8 fully saturated rings. The first-order valence-corrected chi connectivity index (χ1v) is 17.9. The zero-order valence-corrected chi connectivity index (χ0v) is 28.2. The molecule has 6 aliphatic carbocycles. The Bertz CT molecular complexity index is 1250. The lowest BCUT2D eigenvalue weighted by atomic mass is 9.57. The Labute approximate surface area is 286 Å². The highest BCUT2D eigenvalue weighted by Gasteiger charge is 2.55. The van der Waals surface area contributed by atoms with Gasteiger partial charge in [0, 0.05) is 43.4 Å². The molecule has 0 unspecified atom stereocenters. The first kappa shape index (κ1) is 35.5. The van der Waals surface area contributed by atoms with E-state index in [-0.39, 0.29) is 87.1 Å². The molecular formula is C35H48F2N6O6. The number of carbonyl (C=O) groups excluding carboxylic acids is 4. The molecule has 2 heterocycles. The van der Waals surface area contributed by atoms with Crippen molar-refractivity contribution in [1.29, 1.82) is 10.5 Å². The number of nitriles is 2. The standard InChI is InChI=1S/C35H48F2N6O6/c36-24-16-26(18-38)42(20-24)22-28(44)40-34-8-2-32(3-9-34,4-10-34)30(46)48-14-1-15-49-31(47)33-5-11-35(12-6-33,13-7-33)41-29(45)23-43-21-25(37)17-27(43)19-39/h24-27H,1-17,20-23H2,(H,40,44)(H,41,45)/t24-,25-,26-,27-,32?,33?,34?,35?/m0/s1. The first-order valence-electron chi connectivity index (χ1n) is 17.9. The quantitative estimate of drug-likeness (QED) is 0.230. The van der Waals surface area contributed by atoms with Gasteiger partial charge in [0.1, 0.15) is 24.4 Å². The summed E-state index contributed by atoms with van der Waals surface area (Å²) >= 11 is 0. The summed E-state index contributed by atoms with van der Waals surface area (Å²) in [6.07, 6.45) is 6.07. The number of esters is 2. The minimum Gasteiger partial charge on any atom is -0.465 e. The number of halogens is 2. The minimum atomic E-state index is -1.10. The maximum Gasteiger partial charge on any atom is 0.312 e. The monoisotopic (exact) mass is 686 g/mol. The number of fused-ring (bicyclic) bond motifs is 6. The molecule has 0 aromatic rings. The molecule has 8 aliphatic rings. The van der Waals surface area contributed by atoms with E-state index in [1.165, 1.54) is 0 Å². The zero-order valence-electron chi connectivity index (χ0n) is 28.2. The SMILES string of the molecule is N#C[C@@H]1C[C@H](F)CN1CC(=O)NC12CCC(C(=O)OCCCOC(=O)C34CCC(NC(=O)CN5C[C@@H](F)C[C@H]5C#N)(CC3)CC4)(CC1)CC2. The second-order valence-corrected chi connectivity index (χ2v) is 15.7. The number of amides is 2. The van der Waals surface area contributed by atoms with Gasteiger partial charge in [0.15, 0.2) is 0 Å². The molecule has 0 radical (unpaired) electrons. The van der Waals surface area contributed by atoms with E-state index >= 15 is 0 Å². The van der Waals surface area contributed by atoms with Crippen molar-refractivity contribution >= 4 is 23.8 Å². The van der Waals surface area contributed by atoms with Crippen molar-refractivity contribution in [2.24, 2.45) is 10.8 Å². The first-order chi connectivity index (χ1) is 23.4. The van der Waals surface area contributed by atoms with Crippen molar-refractivity contribution in [3.63, 3.8) is 0 Å². The highest BCUT2D eigenvalue weighted by molar-refractivity contribution is 5.81. The number of likely N-dealkylation sites (tertiary alicyclic amines) is 2. The van der Waals surface area contributed by atoms with Crippen molar-refractivity contribution < 1.29 is 37.4 Å². The van der Waals surface area contributed by atoms with Crippen LogP contribution in [0.4, 0.5) is 8.78 Å². The van der Waals surface area contributed by atoms with Crippen LogP contribution in [-0.4, -0.2) is 108 Å². The summed E-state index contributed by atoms with van der Waals surface area (Å²) in [6, 6.07) is 2.98. The van der Waals surface area contributed by atoms with Gasteiger partial charge in [0.2, 0.25) is 11.8 Å². The molecule has 2 N–H and O–H groups in total. The Morgan fingerprint density at radius 3 is 1.31 bits per heavy atom. The van der Waals surface area contributed by atoms with Crippen molar-refractivity contribution in [3.8, 4) is 12.1 Å². The number of hydrogen-bond acceptors (Lipinski definition) is 10. The van der Waals surface area contributed by atoms with Gasteiger partial charge in [-0.05, 0) is 77.0 Å². The summed E-state index contributed by atoms with van der Waals surface area (Å²) in [5, 5.41) is 24.8. The predicted octanol–water partition coefficient (Wildman–Crippen LogP) is 2.75. The lowest BCUT2D eigenvalue weighted by Crippen LogP contribution is -2.59. The summed E-state index contributed by atoms with van der Waals surface area (Å²) in [4.78, 5) is 55.1. The van der Waals surface area contributed by atoms with E-state index in [0.717, 1.165) is 0 Å². The number of ether oxygens (including phenoxy) is 2. The van der Waals surface area contributed by atoms with E-state index in [2.05, 4.69) is 22.8 Å². The highest BCUT2D eigenvalue weighted by atomic mass is 19.1. The molecule has 2 aliphatic heterocycles. The molecule has 2 saturated heterocycles. The maximum atomic E-state index is 13.8. The van der Waals surface area contributed by atoms with Gasteiger partial charge in [-0.15, -0.1) is 0 Å². The molecule has 0 aromatic heterocycles. The smallest absolute Gasteiger partial charge is 0.312 e. The van der Waals surface area contributed by atoms with Gasteiger partial charge >= 0.3 is 11.9 Å². The van der Waals surface area contributed by atoms with Gasteiger partial charge in [0.25, 0.3) is 0 Å². The molecule has 268 valence electrons. The number of nitrogens with one attached hydrogen (secondary N) is 2. The molecule has 0 aromatic carbocycles. The lowest BCUT2D eigenvalue weighted by molar-refractivity contribution is -0.166. The van der Waals surface area contributed by atoms with Crippen molar-refractivity contribution in [1.82, 2.24) is 20.4 Å². The van der Waals surface area contributed by atoms with Crippen LogP contribution in [-0.2, 0) is 28.7 Å². The summed E-state index contributed by atoms with van der Waals surface area (Å²) in [5.41, 5.74) is -1.91. The van der Waals surface area contributed by atoms with Gasteiger partial charge in [-0.25, -0.2) is 8.78 Å². The van der Waals surface area contributed by atoms with Crippen LogP contribution in [0.2, 0.25) is 0 Å². The Balaban J connectivity index is 0.871. The number of hydrogen-bond donors (Lipinski definition) is 2. The Morgan fingerprint density at radius 2 is 0.980 bits per heavy atom. The van der Waals surface area contributed by atoms with Gasteiger partial charge in [-0.2, -0.15) is 10.5 Å². The molecule has 2 amide bonds. The molecule has 14 heteroatoms. The third-order valence-electron chi connectivity index (χ3n) is 12.6. The Morgan fingerprint density at radius 1 is 0.633 bits per heavy atom. The van der Waals surface area contributed by atoms with Crippen LogP contribution in [0.5, 0.6) is 0 Å². The summed E-state index contributed by atoms with van der Waals surface area (Å²) < 4.78 is 38.9. The fourth-order valence-corrected chi connectivity index (χ4v) is 9.41. The lowest BCUT2D eigenvalue weighted by Gasteiger charge is -2.52. The van der Waals surface area contributed by atoms with Crippen LogP contribution in [0.15, 0.2) is 0 Å². The van der Waals surface area contributed by atoms with Gasteiger partial charge < -0.3 is 20.1 Å². The second kappa shape index (κ2) is 14.1. The van der Waals surface area contributed by atoms with Gasteiger partial charge in [-0.3, -0.25) is 29.0 Å². The highest BCUT2D eigenvalue weighted by Crippen LogP contribution is 2.54. The second-order valence-electron chi connectivity index (χ2n) is 15.7. The van der Waals surface area contributed by atoms with E-state index in [1.54, 1.807) is 9.80 Å². The summed E-state index contributed by atoms with van der Waals surface area (Å²) in [7, 11) is 0. The normalized spacial score (nSPS) is 38.4. The largest absolute Gasteiger partial charge is 0.465 e. The molecular weight excluding hydrogens is 638 g/mol. The fraction of sp³-hybridized carbons (Fsp3) is 0.829. The molecule has 6 saturated carbocycles. The molecule has 4 bridgehead atoms. The topological polar surface area (TPSA) is 165 Å². The van der Waals surface area contributed by atoms with Crippen LogP contribution in [0.1, 0.15) is 96.3 Å². The zero-order chi connectivity index (χ0) is 34.9. The maximum absolute atomic E-state index is 13.8. The van der Waals surface area contributed by atoms with Crippen LogP contribution in [0.3, 0.4) is 0 Å². The van der Waals surface area contributed by atoms with E-state index in [4.69, 9.17) is 9.47 Å². The third kappa shape index (κ3) is 7.41. The van der Waals surface area contributed by atoms with Crippen molar-refractivity contribution in [2.75, 3.05) is 39.4 Å². The summed E-state index contributed by atoms with van der Waals surface area (Å²) in [6.45, 7) is 0.462. The Hall–Kier alpha value is -3.36. The molecule has 49 heavy (non-hydrogen) atoms. The molecule has 8 rings (SSSR count). The van der Waals surface area contributed by atoms with Gasteiger partial charge in [0.05, 0.1) is 49.3 Å². The van der Waals surface area contributed by atoms with Crippen LogP contribution in [0, 0.1) is 33.5 Å². The average molecular weight is 687 g/mol. The van der Waals surface area contributed by atoms with Crippen LogP contribution in [0.25, 0.3) is 0 Å². The van der Waals surface area contributed by atoms with Crippen LogP contribution < -0.4 is 10.6 Å². The van der Waals surface area contributed by atoms with Crippen molar-refractivity contribution in [3.05, 3.63) is 0 Å². The van der Waals surface area contributed by atoms with Crippen molar-refractivity contribution in [2.45, 2.75) is 132 Å².